The molecule has 1 heterocycles. The van der Waals surface area contributed by atoms with Crippen molar-refractivity contribution in [2.45, 2.75) is 4.90 Å². The summed E-state index contributed by atoms with van der Waals surface area (Å²) in [6.45, 7) is -0.548. The van der Waals surface area contributed by atoms with Gasteiger partial charge in [0, 0.05) is 5.02 Å². The van der Waals surface area contributed by atoms with Crippen LogP contribution in [0.5, 0.6) is 0 Å². The number of anilines is 1. The molecule has 29 heavy (non-hydrogen) atoms. The molecule has 0 aliphatic rings. The van der Waals surface area contributed by atoms with Gasteiger partial charge in [0.1, 0.15) is 12.3 Å². The third-order valence-corrected chi connectivity index (χ3v) is 6.03. The summed E-state index contributed by atoms with van der Waals surface area (Å²) >= 11 is 12.1. The molecule has 1 N–H and O–H groups in total. The lowest BCUT2D eigenvalue weighted by Crippen LogP contribution is -2.39. The molecule has 0 saturated heterocycles. The number of carbonyl (C=O) groups is 1. The van der Waals surface area contributed by atoms with Crippen molar-refractivity contribution in [3.05, 3.63) is 82.7 Å². The van der Waals surface area contributed by atoms with Crippen LogP contribution in [0.15, 0.2) is 81.3 Å². The smallest absolute Gasteiger partial charge is 0.264 e. The number of hydrogen-bond donors (Lipinski definition) is 1. The van der Waals surface area contributed by atoms with Crippen LogP contribution in [0.1, 0.15) is 5.76 Å². The number of sulfonamides is 1. The van der Waals surface area contributed by atoms with E-state index in [1.54, 1.807) is 30.3 Å². The van der Waals surface area contributed by atoms with Crippen LogP contribution < -0.4 is 9.73 Å². The Morgan fingerprint density at radius 3 is 2.52 bits per heavy atom. The van der Waals surface area contributed by atoms with Gasteiger partial charge in [-0.1, -0.05) is 41.4 Å². The molecule has 0 atom stereocenters. The third-order valence-electron chi connectivity index (χ3n) is 3.72. The van der Waals surface area contributed by atoms with Crippen LogP contribution in [-0.4, -0.2) is 27.1 Å². The van der Waals surface area contributed by atoms with Crippen molar-refractivity contribution in [1.29, 1.82) is 0 Å². The van der Waals surface area contributed by atoms with Gasteiger partial charge in [-0.25, -0.2) is 13.8 Å². The van der Waals surface area contributed by atoms with Gasteiger partial charge in [0.2, 0.25) is 0 Å². The third kappa shape index (κ3) is 5.17. The Balaban J connectivity index is 1.89. The van der Waals surface area contributed by atoms with Gasteiger partial charge in [-0.3, -0.25) is 9.10 Å². The van der Waals surface area contributed by atoms with E-state index in [1.807, 2.05) is 0 Å². The summed E-state index contributed by atoms with van der Waals surface area (Å²) in [6, 6.07) is 15.4. The summed E-state index contributed by atoms with van der Waals surface area (Å²) in [4.78, 5) is 12.4. The lowest BCUT2D eigenvalue weighted by atomic mass is 10.3. The summed E-state index contributed by atoms with van der Waals surface area (Å²) in [6.07, 6.45) is 2.75. The predicted molar refractivity (Wildman–Crippen MR) is 112 cm³/mol. The summed E-state index contributed by atoms with van der Waals surface area (Å²) in [5, 5.41) is 4.18. The second-order valence-corrected chi connectivity index (χ2v) is 8.44. The number of hydrazone groups is 1. The second kappa shape index (κ2) is 9.13. The molecule has 3 rings (SSSR count). The highest BCUT2D eigenvalue weighted by Crippen LogP contribution is 2.32. The van der Waals surface area contributed by atoms with Crippen molar-refractivity contribution in [1.82, 2.24) is 5.43 Å². The van der Waals surface area contributed by atoms with Crippen molar-refractivity contribution < 1.29 is 17.6 Å². The van der Waals surface area contributed by atoms with Gasteiger partial charge in [0.25, 0.3) is 15.9 Å². The molecule has 0 saturated carbocycles. The van der Waals surface area contributed by atoms with E-state index >= 15 is 0 Å². The van der Waals surface area contributed by atoms with Crippen molar-refractivity contribution in [3.63, 3.8) is 0 Å². The molecule has 150 valence electrons. The van der Waals surface area contributed by atoms with E-state index < -0.39 is 22.5 Å². The number of nitrogens with one attached hydrogen (secondary N) is 1. The molecule has 0 spiro atoms. The number of rotatable bonds is 7. The monoisotopic (exact) mass is 451 g/mol. The van der Waals surface area contributed by atoms with Crippen LogP contribution >= 0.6 is 23.2 Å². The lowest BCUT2D eigenvalue weighted by molar-refractivity contribution is -0.119. The van der Waals surface area contributed by atoms with E-state index in [1.165, 1.54) is 42.8 Å². The van der Waals surface area contributed by atoms with Gasteiger partial charge >= 0.3 is 0 Å². The van der Waals surface area contributed by atoms with Crippen LogP contribution in [0.3, 0.4) is 0 Å². The molecule has 1 aromatic heterocycles. The minimum Gasteiger partial charge on any atom is -0.463 e. The lowest BCUT2D eigenvalue weighted by Gasteiger charge is -2.24. The first-order chi connectivity index (χ1) is 13.9. The number of halogens is 2. The van der Waals surface area contributed by atoms with Crippen molar-refractivity contribution in [2.24, 2.45) is 5.10 Å². The largest absolute Gasteiger partial charge is 0.463 e. The summed E-state index contributed by atoms with van der Waals surface area (Å²) in [7, 11) is -4.08. The standard InChI is InChI=1S/C19H15Cl2N3O4S/c20-14-8-9-18(17(21)11-14)24(29(26,27)16-6-2-1-3-7-16)13-19(25)23-22-12-15-5-4-10-28-15/h1-12H,13H2,(H,23,25)/b22-12-. The maximum absolute atomic E-state index is 13.2. The van der Waals surface area contributed by atoms with Gasteiger partial charge in [0.05, 0.1) is 28.1 Å². The maximum Gasteiger partial charge on any atom is 0.264 e. The number of hydrogen-bond acceptors (Lipinski definition) is 5. The van der Waals surface area contributed by atoms with Crippen LogP contribution in [0, 0.1) is 0 Å². The molecule has 3 aromatic rings. The Kier molecular flexibility index (Phi) is 6.58. The van der Waals surface area contributed by atoms with E-state index in [2.05, 4.69) is 10.5 Å². The van der Waals surface area contributed by atoms with E-state index in [9.17, 15) is 13.2 Å². The summed E-state index contributed by atoms with van der Waals surface area (Å²) < 4.78 is 32.3. The zero-order chi connectivity index (χ0) is 20.9. The number of benzene rings is 2. The van der Waals surface area contributed by atoms with E-state index in [0.717, 1.165) is 4.31 Å². The average molecular weight is 452 g/mol. The van der Waals surface area contributed by atoms with Crippen LogP contribution in [0.4, 0.5) is 5.69 Å². The van der Waals surface area contributed by atoms with Crippen molar-refractivity contribution >= 4 is 51.0 Å². The minimum atomic E-state index is -4.08. The first-order valence-electron chi connectivity index (χ1n) is 8.26. The maximum atomic E-state index is 13.2. The molecule has 0 aliphatic heterocycles. The van der Waals surface area contributed by atoms with E-state index in [4.69, 9.17) is 27.6 Å². The molecule has 0 aliphatic carbocycles. The first kappa shape index (κ1) is 20.9. The van der Waals surface area contributed by atoms with Crippen molar-refractivity contribution in [3.8, 4) is 0 Å². The van der Waals surface area contributed by atoms with Crippen molar-refractivity contribution in [2.75, 3.05) is 10.8 Å². The minimum absolute atomic E-state index is 0.0119. The highest BCUT2D eigenvalue weighted by Gasteiger charge is 2.28. The van der Waals surface area contributed by atoms with Gasteiger partial charge in [0.15, 0.2) is 0 Å². The fourth-order valence-corrected chi connectivity index (χ4v) is 4.42. The highest BCUT2D eigenvalue weighted by atomic mass is 35.5. The van der Waals surface area contributed by atoms with Gasteiger partial charge < -0.3 is 4.42 Å². The van der Waals surface area contributed by atoms with Gasteiger partial charge in [-0.05, 0) is 42.5 Å². The van der Waals surface area contributed by atoms with E-state index in [0.29, 0.717) is 10.8 Å². The summed E-state index contributed by atoms with van der Waals surface area (Å²) in [5.41, 5.74) is 2.39. The normalized spacial score (nSPS) is 11.5. The quantitative estimate of drug-likeness (QED) is 0.434. The molecule has 1 amide bonds. The Bertz CT molecular complexity index is 1120. The fourth-order valence-electron chi connectivity index (χ4n) is 2.40. The molecule has 0 unspecified atom stereocenters. The number of furan rings is 1. The van der Waals surface area contributed by atoms with E-state index in [-0.39, 0.29) is 15.6 Å². The molecular weight excluding hydrogens is 437 g/mol. The fraction of sp³-hybridized carbons (Fsp3) is 0.0526. The molecule has 0 bridgehead atoms. The second-order valence-electron chi connectivity index (χ2n) is 5.73. The Labute approximate surface area is 177 Å². The summed E-state index contributed by atoms with van der Waals surface area (Å²) in [5.74, 6) is -0.238. The molecule has 0 fully saturated rings. The Morgan fingerprint density at radius 2 is 1.86 bits per heavy atom. The zero-order valence-electron chi connectivity index (χ0n) is 14.8. The molecular formula is C19H15Cl2N3O4S. The topological polar surface area (TPSA) is 92.0 Å². The SMILES string of the molecule is O=C(CN(c1ccc(Cl)cc1Cl)S(=O)(=O)c1ccccc1)N/N=C\c1ccco1. The molecule has 10 heteroatoms. The van der Waals surface area contributed by atoms with Crippen LogP contribution in [-0.2, 0) is 14.8 Å². The number of amides is 1. The Morgan fingerprint density at radius 1 is 1.10 bits per heavy atom. The molecule has 0 radical (unpaired) electrons. The predicted octanol–water partition coefficient (Wildman–Crippen LogP) is 3.93. The number of carbonyl (C=O) groups excluding carboxylic acids is 1. The average Bonchev–Trinajstić information content (AvgIpc) is 3.21. The van der Waals surface area contributed by atoms with Crippen LogP contribution in [0.2, 0.25) is 10.0 Å². The van der Waals surface area contributed by atoms with Gasteiger partial charge in [-0.15, -0.1) is 0 Å². The Hall–Kier alpha value is -2.81. The highest BCUT2D eigenvalue weighted by molar-refractivity contribution is 7.92. The zero-order valence-corrected chi connectivity index (χ0v) is 17.2. The number of nitrogens with zero attached hydrogens (tertiary/aromatic N) is 2. The first-order valence-corrected chi connectivity index (χ1v) is 10.5. The molecule has 2 aromatic carbocycles. The van der Waals surface area contributed by atoms with Gasteiger partial charge in [-0.2, -0.15) is 5.10 Å². The van der Waals surface area contributed by atoms with Crippen LogP contribution in [0.25, 0.3) is 0 Å². The molecule has 7 nitrogen and oxygen atoms in total.